The van der Waals surface area contributed by atoms with Crippen molar-refractivity contribution in [1.29, 1.82) is 0 Å². The summed E-state index contributed by atoms with van der Waals surface area (Å²) >= 11 is 5.77. The molecule has 0 aliphatic heterocycles. The van der Waals surface area contributed by atoms with Gasteiger partial charge in [0, 0.05) is 18.1 Å². The van der Waals surface area contributed by atoms with Crippen LogP contribution in [0.2, 0.25) is 5.02 Å². The molecule has 4 heteroatoms. The van der Waals surface area contributed by atoms with Crippen molar-refractivity contribution in [2.75, 3.05) is 13.1 Å². The Balaban J connectivity index is 2.15. The minimum atomic E-state index is -0.0992. The van der Waals surface area contributed by atoms with Gasteiger partial charge in [0.1, 0.15) is 5.75 Å². The summed E-state index contributed by atoms with van der Waals surface area (Å²) < 4.78 is 0. The van der Waals surface area contributed by atoms with Crippen LogP contribution in [0.5, 0.6) is 5.75 Å². The summed E-state index contributed by atoms with van der Waals surface area (Å²) in [5.41, 5.74) is 0.341. The Morgan fingerprint density at radius 2 is 2.22 bits per heavy atom. The molecule has 1 aliphatic carbocycles. The maximum Gasteiger partial charge on any atom is 0.257 e. The Kier molecular flexibility index (Phi) is 4.12. The highest BCUT2D eigenvalue weighted by molar-refractivity contribution is 6.30. The second-order valence-electron chi connectivity index (χ2n) is 4.86. The number of phenols is 1. The number of hydrogen-bond acceptors (Lipinski definition) is 2. The minimum absolute atomic E-state index is 0.0376. The first-order valence-electron chi connectivity index (χ1n) is 6.39. The molecule has 1 fully saturated rings. The molecule has 0 bridgehead atoms. The van der Waals surface area contributed by atoms with E-state index in [0.717, 1.165) is 19.5 Å². The molecule has 0 spiro atoms. The molecule has 0 heterocycles. The van der Waals surface area contributed by atoms with Gasteiger partial charge in [-0.1, -0.05) is 18.5 Å². The van der Waals surface area contributed by atoms with E-state index in [2.05, 4.69) is 6.92 Å². The summed E-state index contributed by atoms with van der Waals surface area (Å²) in [6.45, 7) is 3.58. The monoisotopic (exact) mass is 267 g/mol. The minimum Gasteiger partial charge on any atom is -0.507 e. The van der Waals surface area contributed by atoms with E-state index in [4.69, 9.17) is 11.6 Å². The van der Waals surface area contributed by atoms with Gasteiger partial charge in [-0.05, 0) is 43.4 Å². The van der Waals surface area contributed by atoms with Crippen molar-refractivity contribution < 1.29 is 9.90 Å². The zero-order valence-corrected chi connectivity index (χ0v) is 11.3. The van der Waals surface area contributed by atoms with Gasteiger partial charge in [-0.25, -0.2) is 0 Å². The maximum absolute atomic E-state index is 12.4. The molecule has 0 aromatic heterocycles. The van der Waals surface area contributed by atoms with Crippen molar-refractivity contribution in [3.8, 4) is 5.75 Å². The van der Waals surface area contributed by atoms with E-state index in [0.29, 0.717) is 16.5 Å². The Hall–Kier alpha value is -1.22. The number of carbonyl (C=O) groups is 1. The predicted octanol–water partition coefficient (Wildman–Crippen LogP) is 3.31. The van der Waals surface area contributed by atoms with Crippen molar-refractivity contribution in [1.82, 2.24) is 4.90 Å². The molecular weight excluding hydrogens is 250 g/mol. The van der Waals surface area contributed by atoms with Gasteiger partial charge in [-0.2, -0.15) is 0 Å². The van der Waals surface area contributed by atoms with Crippen molar-refractivity contribution in [3.05, 3.63) is 28.8 Å². The highest BCUT2D eigenvalue weighted by Gasteiger charge is 2.27. The number of nitrogens with zero attached hydrogens (tertiary/aromatic N) is 1. The molecule has 1 aromatic carbocycles. The van der Waals surface area contributed by atoms with Crippen molar-refractivity contribution in [2.45, 2.75) is 26.2 Å². The number of phenolic OH excluding ortho intramolecular Hbond substituents is 1. The molecule has 0 saturated heterocycles. The summed E-state index contributed by atoms with van der Waals surface area (Å²) in [5.74, 6) is 0.511. The van der Waals surface area contributed by atoms with E-state index in [1.165, 1.54) is 18.9 Å². The van der Waals surface area contributed by atoms with Crippen LogP contribution in [0.15, 0.2) is 18.2 Å². The Bertz CT molecular complexity index is 443. The molecule has 1 aromatic rings. The SMILES string of the molecule is CCCN(CC1CC1)C(=O)c1ccc(Cl)cc1O. The number of amides is 1. The fraction of sp³-hybridized carbons (Fsp3) is 0.500. The van der Waals surface area contributed by atoms with Gasteiger partial charge in [-0.15, -0.1) is 0 Å². The van der Waals surface area contributed by atoms with Crippen LogP contribution in [-0.2, 0) is 0 Å². The normalized spacial score (nSPS) is 14.6. The van der Waals surface area contributed by atoms with Crippen molar-refractivity contribution >= 4 is 17.5 Å². The van der Waals surface area contributed by atoms with Crippen molar-refractivity contribution in [3.63, 3.8) is 0 Å². The van der Waals surface area contributed by atoms with Crippen LogP contribution in [0.3, 0.4) is 0 Å². The topological polar surface area (TPSA) is 40.5 Å². The number of halogens is 1. The van der Waals surface area contributed by atoms with Crippen LogP contribution < -0.4 is 0 Å². The summed E-state index contributed by atoms with van der Waals surface area (Å²) in [5, 5.41) is 10.2. The van der Waals surface area contributed by atoms with Crippen LogP contribution in [0.25, 0.3) is 0 Å². The first-order chi connectivity index (χ1) is 8.61. The molecule has 0 atom stereocenters. The van der Waals surface area contributed by atoms with Crippen LogP contribution in [-0.4, -0.2) is 29.0 Å². The van der Waals surface area contributed by atoms with Crippen molar-refractivity contribution in [2.24, 2.45) is 5.92 Å². The lowest BCUT2D eigenvalue weighted by Gasteiger charge is -2.22. The first-order valence-corrected chi connectivity index (χ1v) is 6.77. The van der Waals surface area contributed by atoms with Gasteiger partial charge in [0.2, 0.25) is 0 Å². The van der Waals surface area contributed by atoms with Crippen LogP contribution in [0, 0.1) is 5.92 Å². The third-order valence-electron chi connectivity index (χ3n) is 3.15. The van der Waals surface area contributed by atoms with Crippen LogP contribution in [0.1, 0.15) is 36.5 Å². The summed E-state index contributed by atoms with van der Waals surface area (Å²) in [6, 6.07) is 4.64. The third kappa shape index (κ3) is 3.16. The molecule has 98 valence electrons. The lowest BCUT2D eigenvalue weighted by atomic mass is 10.1. The molecule has 2 rings (SSSR count). The summed E-state index contributed by atoms with van der Waals surface area (Å²) in [6.07, 6.45) is 3.34. The molecule has 18 heavy (non-hydrogen) atoms. The van der Waals surface area contributed by atoms with E-state index in [9.17, 15) is 9.90 Å². The van der Waals surface area contributed by atoms with Gasteiger partial charge in [-0.3, -0.25) is 4.79 Å². The Morgan fingerprint density at radius 3 is 2.78 bits per heavy atom. The maximum atomic E-state index is 12.4. The number of hydrogen-bond donors (Lipinski definition) is 1. The number of carbonyl (C=O) groups excluding carboxylic acids is 1. The van der Waals surface area contributed by atoms with E-state index >= 15 is 0 Å². The summed E-state index contributed by atoms with van der Waals surface area (Å²) in [7, 11) is 0. The fourth-order valence-electron chi connectivity index (χ4n) is 2.01. The molecule has 0 radical (unpaired) electrons. The van der Waals surface area contributed by atoms with Gasteiger partial charge in [0.25, 0.3) is 5.91 Å². The molecule has 1 saturated carbocycles. The number of benzene rings is 1. The molecule has 1 amide bonds. The summed E-state index contributed by atoms with van der Waals surface area (Å²) in [4.78, 5) is 14.2. The Morgan fingerprint density at radius 1 is 1.50 bits per heavy atom. The van der Waals surface area contributed by atoms with Gasteiger partial charge >= 0.3 is 0 Å². The quantitative estimate of drug-likeness (QED) is 0.889. The highest BCUT2D eigenvalue weighted by atomic mass is 35.5. The number of aromatic hydroxyl groups is 1. The molecule has 3 nitrogen and oxygen atoms in total. The largest absolute Gasteiger partial charge is 0.507 e. The first kappa shape index (κ1) is 13.2. The zero-order chi connectivity index (χ0) is 13.1. The molecular formula is C14H18ClNO2. The molecule has 1 N–H and O–H groups in total. The fourth-order valence-corrected chi connectivity index (χ4v) is 2.18. The lowest BCUT2D eigenvalue weighted by Crippen LogP contribution is -2.33. The second-order valence-corrected chi connectivity index (χ2v) is 5.29. The van der Waals surface area contributed by atoms with Gasteiger partial charge < -0.3 is 10.0 Å². The van der Waals surface area contributed by atoms with Gasteiger partial charge in [0.15, 0.2) is 0 Å². The van der Waals surface area contributed by atoms with Crippen LogP contribution in [0.4, 0.5) is 0 Å². The Labute approximate surface area is 112 Å². The van der Waals surface area contributed by atoms with Gasteiger partial charge in [0.05, 0.1) is 5.56 Å². The smallest absolute Gasteiger partial charge is 0.257 e. The average Bonchev–Trinajstić information content (AvgIpc) is 3.11. The van der Waals surface area contributed by atoms with E-state index < -0.39 is 0 Å². The highest BCUT2D eigenvalue weighted by Crippen LogP contribution is 2.31. The van der Waals surface area contributed by atoms with E-state index in [-0.39, 0.29) is 11.7 Å². The lowest BCUT2D eigenvalue weighted by molar-refractivity contribution is 0.0744. The predicted molar refractivity (Wildman–Crippen MR) is 72.0 cm³/mol. The number of rotatable bonds is 5. The average molecular weight is 268 g/mol. The third-order valence-corrected chi connectivity index (χ3v) is 3.38. The van der Waals surface area contributed by atoms with Crippen LogP contribution >= 0.6 is 11.6 Å². The molecule has 1 aliphatic rings. The van der Waals surface area contributed by atoms with E-state index in [1.807, 2.05) is 4.90 Å². The van der Waals surface area contributed by atoms with E-state index in [1.54, 1.807) is 12.1 Å². The second kappa shape index (κ2) is 5.61. The zero-order valence-electron chi connectivity index (χ0n) is 10.5. The standard InChI is InChI=1S/C14H18ClNO2/c1-2-7-16(9-10-3-4-10)14(18)12-6-5-11(15)8-13(12)17/h5-6,8,10,17H,2-4,7,9H2,1H3. The molecule has 0 unspecified atom stereocenters.